The van der Waals surface area contributed by atoms with Crippen LogP contribution in [0.25, 0.3) is 0 Å². The largest absolute Gasteiger partial charge is 0.479 e. The third-order valence-corrected chi connectivity index (χ3v) is 3.18. The molecule has 0 aromatic rings. The number of alkyl halides is 1. The topological polar surface area (TPSA) is 57.6 Å². The number of rotatable bonds is 4. The molecular weight excluding hydrogens is 213 g/mol. The van der Waals surface area contributed by atoms with E-state index in [-0.39, 0.29) is 31.3 Å². The molecule has 0 aromatic heterocycles. The maximum absolute atomic E-state index is 13.7. The number of carbonyl (C=O) groups is 2. The summed E-state index contributed by atoms with van der Waals surface area (Å²) in [6, 6.07) is 0. The zero-order chi connectivity index (χ0) is 12.3. The summed E-state index contributed by atoms with van der Waals surface area (Å²) in [6.45, 7) is 3.84. The molecule has 1 saturated heterocycles. The number of hydrogen-bond donors (Lipinski definition) is 1. The molecule has 1 fully saturated rings. The van der Waals surface area contributed by atoms with Crippen LogP contribution in [0.5, 0.6) is 0 Å². The Bertz CT molecular complexity index is 295. The van der Waals surface area contributed by atoms with Crippen LogP contribution in [0.3, 0.4) is 0 Å². The van der Waals surface area contributed by atoms with Gasteiger partial charge in [-0.3, -0.25) is 4.79 Å². The summed E-state index contributed by atoms with van der Waals surface area (Å²) in [5.74, 6) is -1.35. The van der Waals surface area contributed by atoms with Crippen molar-refractivity contribution in [1.29, 1.82) is 0 Å². The number of amides is 1. The van der Waals surface area contributed by atoms with E-state index in [4.69, 9.17) is 5.11 Å². The first kappa shape index (κ1) is 12.9. The van der Waals surface area contributed by atoms with Gasteiger partial charge in [0.2, 0.25) is 11.6 Å². The van der Waals surface area contributed by atoms with Crippen molar-refractivity contribution in [2.24, 2.45) is 5.92 Å². The molecule has 1 rings (SSSR count). The molecule has 1 aliphatic heterocycles. The zero-order valence-corrected chi connectivity index (χ0v) is 9.70. The van der Waals surface area contributed by atoms with Crippen molar-refractivity contribution in [2.45, 2.75) is 38.8 Å². The van der Waals surface area contributed by atoms with E-state index in [1.165, 1.54) is 4.90 Å². The van der Waals surface area contributed by atoms with E-state index in [1.807, 2.05) is 13.8 Å². The van der Waals surface area contributed by atoms with Gasteiger partial charge in [0.15, 0.2) is 0 Å². The molecule has 1 N–H and O–H groups in total. The number of carboxylic acid groups (broad SMARTS) is 1. The van der Waals surface area contributed by atoms with E-state index in [0.717, 1.165) is 6.42 Å². The first-order valence-electron chi connectivity index (χ1n) is 5.59. The zero-order valence-electron chi connectivity index (χ0n) is 9.70. The molecule has 0 aromatic carbocycles. The minimum atomic E-state index is -2.24. The second kappa shape index (κ2) is 4.80. The first-order chi connectivity index (χ1) is 7.39. The molecule has 0 bridgehead atoms. The van der Waals surface area contributed by atoms with Crippen LogP contribution in [0.4, 0.5) is 4.39 Å². The fourth-order valence-electron chi connectivity index (χ4n) is 1.73. The van der Waals surface area contributed by atoms with E-state index in [0.29, 0.717) is 6.42 Å². The van der Waals surface area contributed by atoms with Gasteiger partial charge in [-0.25, -0.2) is 9.18 Å². The van der Waals surface area contributed by atoms with Crippen LogP contribution in [0.2, 0.25) is 0 Å². The Hall–Kier alpha value is -1.13. The highest BCUT2D eigenvalue weighted by Crippen LogP contribution is 2.27. The summed E-state index contributed by atoms with van der Waals surface area (Å²) >= 11 is 0. The maximum Gasteiger partial charge on any atom is 0.343 e. The molecular formula is C11H18FNO3. The average molecular weight is 231 g/mol. The van der Waals surface area contributed by atoms with Gasteiger partial charge in [0.1, 0.15) is 0 Å². The van der Waals surface area contributed by atoms with E-state index >= 15 is 0 Å². The van der Waals surface area contributed by atoms with Crippen molar-refractivity contribution in [1.82, 2.24) is 4.90 Å². The molecule has 0 saturated carbocycles. The van der Waals surface area contributed by atoms with E-state index in [1.54, 1.807) is 0 Å². The molecule has 2 unspecified atom stereocenters. The summed E-state index contributed by atoms with van der Waals surface area (Å²) in [6.07, 6.45) is 1.15. The van der Waals surface area contributed by atoms with Gasteiger partial charge in [-0.05, 0) is 5.92 Å². The number of likely N-dealkylation sites (tertiary alicyclic amines) is 1. The lowest BCUT2D eigenvalue weighted by atomic mass is 10.0. The highest BCUT2D eigenvalue weighted by Gasteiger charge is 2.46. The predicted molar refractivity (Wildman–Crippen MR) is 56.7 cm³/mol. The minimum absolute atomic E-state index is 0.103. The number of hydrogen-bond acceptors (Lipinski definition) is 2. The van der Waals surface area contributed by atoms with Crippen LogP contribution in [-0.4, -0.2) is 40.6 Å². The Morgan fingerprint density at radius 1 is 1.56 bits per heavy atom. The standard InChI is InChI=1S/C11H18FNO3/c1-3-8(2)6-9(14)13-5-4-11(12,7-13)10(15)16/h8H,3-7H2,1-2H3,(H,15,16). The van der Waals surface area contributed by atoms with Crippen molar-refractivity contribution in [3.8, 4) is 0 Å². The molecule has 92 valence electrons. The summed E-state index contributed by atoms with van der Waals surface area (Å²) in [4.78, 5) is 23.7. The van der Waals surface area contributed by atoms with E-state index in [9.17, 15) is 14.0 Å². The summed E-state index contributed by atoms with van der Waals surface area (Å²) in [5.41, 5.74) is -2.24. The van der Waals surface area contributed by atoms with Crippen molar-refractivity contribution >= 4 is 11.9 Å². The van der Waals surface area contributed by atoms with Crippen LogP contribution < -0.4 is 0 Å². The molecule has 1 amide bonds. The Balaban J connectivity index is 2.53. The Morgan fingerprint density at radius 3 is 2.62 bits per heavy atom. The molecule has 0 spiro atoms. The average Bonchev–Trinajstić information content (AvgIpc) is 2.62. The van der Waals surface area contributed by atoms with Gasteiger partial charge in [-0.1, -0.05) is 20.3 Å². The van der Waals surface area contributed by atoms with Crippen molar-refractivity contribution in [3.05, 3.63) is 0 Å². The van der Waals surface area contributed by atoms with Gasteiger partial charge < -0.3 is 10.0 Å². The smallest absolute Gasteiger partial charge is 0.343 e. The van der Waals surface area contributed by atoms with Crippen LogP contribution in [0.1, 0.15) is 33.1 Å². The number of aliphatic carboxylic acids is 1. The molecule has 1 heterocycles. The van der Waals surface area contributed by atoms with Crippen LogP contribution >= 0.6 is 0 Å². The van der Waals surface area contributed by atoms with E-state index in [2.05, 4.69) is 0 Å². The lowest BCUT2D eigenvalue weighted by Crippen LogP contribution is -2.39. The molecule has 16 heavy (non-hydrogen) atoms. The van der Waals surface area contributed by atoms with Crippen LogP contribution in [0.15, 0.2) is 0 Å². The number of carboxylic acids is 1. The maximum atomic E-state index is 13.7. The van der Waals surface area contributed by atoms with Gasteiger partial charge >= 0.3 is 5.97 Å². The fraction of sp³-hybridized carbons (Fsp3) is 0.818. The quantitative estimate of drug-likeness (QED) is 0.796. The summed E-state index contributed by atoms with van der Waals surface area (Å²) in [7, 11) is 0. The monoisotopic (exact) mass is 231 g/mol. The second-order valence-electron chi connectivity index (χ2n) is 4.55. The Labute approximate surface area is 94.4 Å². The van der Waals surface area contributed by atoms with Crippen molar-refractivity contribution in [2.75, 3.05) is 13.1 Å². The van der Waals surface area contributed by atoms with Gasteiger partial charge in [0.25, 0.3) is 0 Å². The minimum Gasteiger partial charge on any atom is -0.479 e. The molecule has 0 radical (unpaired) electrons. The van der Waals surface area contributed by atoms with Crippen molar-refractivity contribution in [3.63, 3.8) is 0 Å². The number of halogens is 1. The van der Waals surface area contributed by atoms with Gasteiger partial charge in [-0.2, -0.15) is 0 Å². The SMILES string of the molecule is CCC(C)CC(=O)N1CCC(F)(C(=O)O)C1. The summed E-state index contributed by atoms with van der Waals surface area (Å²) < 4.78 is 13.7. The molecule has 5 heteroatoms. The third kappa shape index (κ3) is 2.71. The Kier molecular flexibility index (Phi) is 3.88. The second-order valence-corrected chi connectivity index (χ2v) is 4.55. The summed E-state index contributed by atoms with van der Waals surface area (Å²) in [5, 5.41) is 8.69. The van der Waals surface area contributed by atoms with Crippen molar-refractivity contribution < 1.29 is 19.1 Å². The van der Waals surface area contributed by atoms with Gasteiger partial charge in [-0.15, -0.1) is 0 Å². The van der Waals surface area contributed by atoms with E-state index < -0.39 is 11.6 Å². The fourth-order valence-corrected chi connectivity index (χ4v) is 1.73. The number of carbonyl (C=O) groups excluding carboxylic acids is 1. The lowest BCUT2D eigenvalue weighted by Gasteiger charge is -2.19. The number of nitrogens with zero attached hydrogens (tertiary/aromatic N) is 1. The normalized spacial score (nSPS) is 26.8. The highest BCUT2D eigenvalue weighted by molar-refractivity contribution is 5.82. The predicted octanol–water partition coefficient (Wildman–Crippen LogP) is 1.45. The third-order valence-electron chi connectivity index (χ3n) is 3.18. The Morgan fingerprint density at radius 2 is 2.19 bits per heavy atom. The molecule has 2 atom stereocenters. The molecule has 0 aliphatic carbocycles. The first-order valence-corrected chi connectivity index (χ1v) is 5.59. The molecule has 1 aliphatic rings. The lowest BCUT2D eigenvalue weighted by molar-refractivity contribution is -0.150. The van der Waals surface area contributed by atoms with Crippen LogP contribution in [-0.2, 0) is 9.59 Å². The van der Waals surface area contributed by atoms with Gasteiger partial charge in [0, 0.05) is 19.4 Å². The molecule has 4 nitrogen and oxygen atoms in total. The highest BCUT2D eigenvalue weighted by atomic mass is 19.1. The van der Waals surface area contributed by atoms with Gasteiger partial charge in [0.05, 0.1) is 6.54 Å². The van der Waals surface area contributed by atoms with Crippen LogP contribution in [0, 0.1) is 5.92 Å².